The molecule has 0 bridgehead atoms. The van der Waals surface area contributed by atoms with E-state index in [-0.39, 0.29) is 12.1 Å². The fourth-order valence-corrected chi connectivity index (χ4v) is 0.938. The molecule has 0 aromatic carbocycles. The lowest BCUT2D eigenvalue weighted by molar-refractivity contribution is 0.523. The minimum Gasteiger partial charge on any atom is -0.288 e. The van der Waals surface area contributed by atoms with Gasteiger partial charge in [0.1, 0.15) is 12.7 Å². The van der Waals surface area contributed by atoms with Crippen molar-refractivity contribution in [1.82, 2.24) is 0 Å². The van der Waals surface area contributed by atoms with Crippen molar-refractivity contribution in [3.63, 3.8) is 0 Å². The van der Waals surface area contributed by atoms with Gasteiger partial charge in [-0.05, 0) is 13.3 Å². The van der Waals surface area contributed by atoms with Crippen LogP contribution in [0.3, 0.4) is 0 Å². The molecular weight excluding hydrogens is 180 g/mol. The van der Waals surface area contributed by atoms with Gasteiger partial charge >= 0.3 is 0 Å². The van der Waals surface area contributed by atoms with Crippen LogP contribution in [0.1, 0.15) is 19.8 Å². The Morgan fingerprint density at radius 1 is 1.21 bits per heavy atom. The van der Waals surface area contributed by atoms with Crippen LogP contribution < -0.4 is 0 Å². The van der Waals surface area contributed by atoms with E-state index in [9.17, 15) is 0 Å². The Balaban J connectivity index is 4.30. The molecular formula is C8H15N6. The van der Waals surface area contributed by atoms with Crippen LogP contribution in [0.5, 0.6) is 0 Å². The predicted octanol–water partition coefficient (Wildman–Crippen LogP) is 2.48. The monoisotopic (exact) mass is 195 g/mol. The number of hydrogen-bond donors (Lipinski definition) is 2. The van der Waals surface area contributed by atoms with Gasteiger partial charge in [0.15, 0.2) is 0 Å². The van der Waals surface area contributed by atoms with Crippen molar-refractivity contribution in [3.8, 4) is 0 Å². The lowest BCUT2D eigenvalue weighted by atomic mass is 10.1. The second kappa shape index (κ2) is 8.15. The second-order valence-electron chi connectivity index (χ2n) is 2.64. The minimum absolute atomic E-state index is 0.162. The van der Waals surface area contributed by atoms with Gasteiger partial charge in [-0.25, -0.2) is 0 Å². The van der Waals surface area contributed by atoms with Crippen LogP contribution in [0.4, 0.5) is 0 Å². The SMILES string of the molecule is [CH2]C(N=NC=N)C(CCC)N=NC=N. The van der Waals surface area contributed by atoms with Crippen LogP contribution in [-0.2, 0) is 0 Å². The number of hydrogen-bond acceptors (Lipinski definition) is 4. The van der Waals surface area contributed by atoms with Crippen molar-refractivity contribution < 1.29 is 0 Å². The van der Waals surface area contributed by atoms with Crippen molar-refractivity contribution in [2.45, 2.75) is 31.8 Å². The second-order valence-corrected chi connectivity index (χ2v) is 2.64. The molecule has 0 heterocycles. The Morgan fingerprint density at radius 3 is 2.29 bits per heavy atom. The smallest absolute Gasteiger partial charge is 0.129 e. The maximum absolute atomic E-state index is 6.71. The van der Waals surface area contributed by atoms with Crippen molar-refractivity contribution >= 4 is 12.7 Å². The lowest BCUT2D eigenvalue weighted by Crippen LogP contribution is -2.18. The third-order valence-electron chi connectivity index (χ3n) is 1.57. The molecule has 0 aliphatic heterocycles. The summed E-state index contributed by atoms with van der Waals surface area (Å²) in [5.74, 6) is 0. The Morgan fingerprint density at radius 2 is 1.79 bits per heavy atom. The molecule has 2 N–H and O–H groups in total. The average molecular weight is 195 g/mol. The van der Waals surface area contributed by atoms with Gasteiger partial charge in [-0.3, -0.25) is 10.8 Å². The molecule has 0 saturated heterocycles. The van der Waals surface area contributed by atoms with E-state index < -0.39 is 0 Å². The van der Waals surface area contributed by atoms with E-state index in [1.165, 1.54) is 0 Å². The summed E-state index contributed by atoms with van der Waals surface area (Å²) in [6.45, 7) is 5.78. The molecule has 0 aromatic heterocycles. The third kappa shape index (κ3) is 5.23. The molecule has 0 spiro atoms. The van der Waals surface area contributed by atoms with E-state index in [4.69, 9.17) is 10.8 Å². The van der Waals surface area contributed by atoms with Gasteiger partial charge < -0.3 is 0 Å². The standard InChI is InChI=1S/C8H15N6/c1-3-4-8(14-12-6-10)7(2)13-11-5-9/h5-10H,2-4H2,1H3. The molecule has 0 saturated carbocycles. The van der Waals surface area contributed by atoms with E-state index >= 15 is 0 Å². The summed E-state index contributed by atoms with van der Waals surface area (Å²) in [5, 5.41) is 27.9. The fraction of sp³-hybridized carbons (Fsp3) is 0.625. The highest BCUT2D eigenvalue weighted by molar-refractivity contribution is 5.50. The molecule has 0 aliphatic carbocycles. The number of nitrogens with one attached hydrogen (secondary N) is 2. The van der Waals surface area contributed by atoms with Crippen LogP contribution in [0.2, 0.25) is 0 Å². The Kier molecular flexibility index (Phi) is 7.30. The van der Waals surface area contributed by atoms with E-state index in [0.29, 0.717) is 0 Å². The normalized spacial score (nSPS) is 15.9. The van der Waals surface area contributed by atoms with Gasteiger partial charge in [-0.2, -0.15) is 10.2 Å². The topological polar surface area (TPSA) is 97.1 Å². The largest absolute Gasteiger partial charge is 0.288 e. The van der Waals surface area contributed by atoms with Gasteiger partial charge in [0.05, 0.1) is 12.1 Å². The highest BCUT2D eigenvalue weighted by Gasteiger charge is 2.14. The zero-order chi connectivity index (χ0) is 10.8. The predicted molar refractivity (Wildman–Crippen MR) is 55.1 cm³/mol. The summed E-state index contributed by atoms with van der Waals surface area (Å²) in [6.07, 6.45) is 3.47. The summed E-state index contributed by atoms with van der Waals surface area (Å²) in [5.41, 5.74) is 0. The molecule has 77 valence electrons. The number of azo groups is 2. The number of rotatable bonds is 7. The first-order valence-electron chi connectivity index (χ1n) is 4.37. The molecule has 0 amide bonds. The Bertz CT molecular complexity index is 222. The zero-order valence-electron chi connectivity index (χ0n) is 8.22. The number of nitrogens with zero attached hydrogens (tertiary/aromatic N) is 4. The molecule has 0 aromatic rings. The molecule has 0 fully saturated rings. The molecule has 6 nitrogen and oxygen atoms in total. The van der Waals surface area contributed by atoms with Gasteiger partial charge in [0, 0.05) is 0 Å². The molecule has 6 heteroatoms. The summed E-state index contributed by atoms with van der Waals surface area (Å²) >= 11 is 0. The molecule has 2 atom stereocenters. The van der Waals surface area contributed by atoms with Gasteiger partial charge in [-0.1, -0.05) is 13.3 Å². The van der Waals surface area contributed by atoms with Gasteiger partial charge in [-0.15, -0.1) is 10.2 Å². The van der Waals surface area contributed by atoms with Crippen molar-refractivity contribution in [2.75, 3.05) is 0 Å². The summed E-state index contributed by atoms with van der Waals surface area (Å²) < 4.78 is 0. The molecule has 1 radical (unpaired) electrons. The fourth-order valence-electron chi connectivity index (χ4n) is 0.938. The van der Waals surface area contributed by atoms with Gasteiger partial charge in [0.25, 0.3) is 0 Å². The Labute approximate surface area is 83.6 Å². The van der Waals surface area contributed by atoms with Crippen LogP contribution in [0.25, 0.3) is 0 Å². The first-order valence-corrected chi connectivity index (χ1v) is 4.37. The van der Waals surface area contributed by atoms with Crippen molar-refractivity contribution in [3.05, 3.63) is 6.92 Å². The minimum atomic E-state index is -0.347. The van der Waals surface area contributed by atoms with E-state index in [0.717, 1.165) is 25.5 Å². The first-order chi connectivity index (χ1) is 6.76. The van der Waals surface area contributed by atoms with Crippen LogP contribution in [0.15, 0.2) is 20.5 Å². The summed E-state index contributed by atoms with van der Waals surface area (Å²) in [6, 6.07) is -0.509. The molecule has 14 heavy (non-hydrogen) atoms. The Hall–Kier alpha value is -1.46. The van der Waals surface area contributed by atoms with Crippen molar-refractivity contribution in [1.29, 1.82) is 10.8 Å². The average Bonchev–Trinajstić information content (AvgIpc) is 2.20. The molecule has 0 rings (SSSR count). The summed E-state index contributed by atoms with van der Waals surface area (Å²) in [4.78, 5) is 0. The quantitative estimate of drug-likeness (QED) is 0.354. The molecule has 2 unspecified atom stereocenters. The molecule has 0 aliphatic rings. The lowest BCUT2D eigenvalue weighted by Gasteiger charge is -2.12. The van der Waals surface area contributed by atoms with E-state index in [2.05, 4.69) is 27.4 Å². The third-order valence-corrected chi connectivity index (χ3v) is 1.57. The van der Waals surface area contributed by atoms with E-state index in [1.54, 1.807) is 0 Å². The highest BCUT2D eigenvalue weighted by Crippen LogP contribution is 2.10. The maximum atomic E-state index is 6.71. The highest BCUT2D eigenvalue weighted by atomic mass is 15.2. The van der Waals surface area contributed by atoms with Crippen LogP contribution >= 0.6 is 0 Å². The van der Waals surface area contributed by atoms with Crippen LogP contribution in [-0.4, -0.2) is 24.8 Å². The van der Waals surface area contributed by atoms with Crippen molar-refractivity contribution in [2.24, 2.45) is 20.5 Å². The van der Waals surface area contributed by atoms with E-state index in [1.807, 2.05) is 6.92 Å². The van der Waals surface area contributed by atoms with Crippen LogP contribution in [0, 0.1) is 17.7 Å². The maximum Gasteiger partial charge on any atom is 0.129 e. The van der Waals surface area contributed by atoms with Gasteiger partial charge in [0.2, 0.25) is 0 Å². The zero-order valence-corrected chi connectivity index (χ0v) is 8.22. The summed E-state index contributed by atoms with van der Waals surface area (Å²) in [7, 11) is 0. The first kappa shape index (κ1) is 12.5.